The van der Waals surface area contributed by atoms with Gasteiger partial charge in [0.2, 0.25) is 0 Å². The fraction of sp³-hybridized carbons (Fsp3) is 1.00. The van der Waals surface area contributed by atoms with Crippen LogP contribution in [-0.4, -0.2) is 27.5 Å². The van der Waals surface area contributed by atoms with Gasteiger partial charge in [0.05, 0.1) is 0 Å². The third-order valence-electron chi connectivity index (χ3n) is 1.75. The van der Waals surface area contributed by atoms with Crippen LogP contribution in [0.1, 0.15) is 19.8 Å². The molecule has 0 aromatic rings. The largest absolute Gasteiger partial charge is 0.398 e. The first-order valence-electron chi connectivity index (χ1n) is 4.35. The third-order valence-corrected chi connectivity index (χ3v) is 4.01. The Balaban J connectivity index is 3.60. The van der Waals surface area contributed by atoms with E-state index >= 15 is 0 Å². The van der Waals surface area contributed by atoms with Crippen molar-refractivity contribution in [3.63, 3.8) is 0 Å². The van der Waals surface area contributed by atoms with Gasteiger partial charge in [-0.2, -0.15) is 12.6 Å². The van der Waals surface area contributed by atoms with Crippen molar-refractivity contribution in [2.24, 2.45) is 0 Å². The summed E-state index contributed by atoms with van der Waals surface area (Å²) < 4.78 is 11.1. The summed E-state index contributed by atoms with van der Waals surface area (Å²) in [4.78, 5) is 0. The van der Waals surface area contributed by atoms with Crippen LogP contribution in [0.5, 0.6) is 0 Å². The van der Waals surface area contributed by atoms with Crippen molar-refractivity contribution in [1.82, 2.24) is 0 Å². The summed E-state index contributed by atoms with van der Waals surface area (Å²) in [6, 6.07) is 0. The van der Waals surface area contributed by atoms with Crippen LogP contribution in [0.3, 0.4) is 0 Å². The minimum Gasteiger partial charge on any atom is -0.398 e. The summed E-state index contributed by atoms with van der Waals surface area (Å²) in [5.41, 5.74) is 0. The van der Waals surface area contributed by atoms with Crippen LogP contribution in [0, 0.1) is 0 Å². The molecule has 0 aromatic carbocycles. The van der Waals surface area contributed by atoms with Crippen molar-refractivity contribution >= 4 is 21.2 Å². The molecule has 0 radical (unpaired) electrons. The fourth-order valence-corrected chi connectivity index (χ4v) is 2.34. The second-order valence-corrected chi connectivity index (χ2v) is 7.29. The van der Waals surface area contributed by atoms with Gasteiger partial charge in [0.25, 0.3) is 0 Å². The fourth-order valence-electron chi connectivity index (χ4n) is 0.970. The molecule has 12 heavy (non-hydrogen) atoms. The molecule has 4 heteroatoms. The lowest BCUT2D eigenvalue weighted by Gasteiger charge is -2.24. The van der Waals surface area contributed by atoms with E-state index in [-0.39, 0.29) is 0 Å². The van der Waals surface area contributed by atoms with Gasteiger partial charge in [0.1, 0.15) is 0 Å². The highest BCUT2D eigenvalue weighted by atomic mass is 32.1. The van der Waals surface area contributed by atoms with Crippen LogP contribution in [0.4, 0.5) is 0 Å². The van der Waals surface area contributed by atoms with Crippen molar-refractivity contribution in [3.8, 4) is 0 Å². The first-order chi connectivity index (χ1) is 5.52. The van der Waals surface area contributed by atoms with Gasteiger partial charge in [-0.1, -0.05) is 0 Å². The molecule has 0 bridgehead atoms. The molecule has 74 valence electrons. The van der Waals surface area contributed by atoms with Gasteiger partial charge < -0.3 is 8.85 Å². The number of rotatable bonds is 6. The average molecular weight is 208 g/mol. The molecule has 0 heterocycles. The van der Waals surface area contributed by atoms with E-state index < -0.39 is 8.56 Å². The maximum Gasteiger partial charge on any atom is 0.331 e. The van der Waals surface area contributed by atoms with Crippen LogP contribution in [0.2, 0.25) is 13.1 Å². The first kappa shape index (κ1) is 12.5. The molecule has 1 atom stereocenters. The molecule has 2 nitrogen and oxygen atoms in total. The van der Waals surface area contributed by atoms with E-state index in [1.54, 1.807) is 7.11 Å². The Hall–Kier alpha value is 0.487. The highest BCUT2D eigenvalue weighted by Crippen LogP contribution is 2.12. The Kier molecular flexibility index (Phi) is 6.26. The molecular weight excluding hydrogens is 188 g/mol. The Labute approximate surface area is 82.3 Å². The molecule has 0 saturated carbocycles. The number of thiol groups is 1. The molecule has 0 amide bonds. The van der Waals surface area contributed by atoms with Crippen LogP contribution in [0.15, 0.2) is 0 Å². The van der Waals surface area contributed by atoms with Crippen LogP contribution < -0.4 is 0 Å². The van der Waals surface area contributed by atoms with E-state index in [2.05, 4.69) is 32.6 Å². The summed E-state index contributed by atoms with van der Waals surface area (Å²) >= 11 is 4.15. The molecule has 1 unspecified atom stereocenters. The molecule has 0 aliphatic heterocycles. The van der Waals surface area contributed by atoms with Crippen molar-refractivity contribution in [1.29, 1.82) is 0 Å². The van der Waals surface area contributed by atoms with Crippen molar-refractivity contribution in [3.05, 3.63) is 0 Å². The lowest BCUT2D eigenvalue weighted by molar-refractivity contribution is 0.143. The second kappa shape index (κ2) is 6.02. The molecule has 0 rings (SSSR count). The van der Waals surface area contributed by atoms with Gasteiger partial charge in [0.15, 0.2) is 0 Å². The van der Waals surface area contributed by atoms with E-state index in [0.717, 1.165) is 18.6 Å². The summed E-state index contributed by atoms with van der Waals surface area (Å²) in [6.07, 6.45) is 2.49. The van der Waals surface area contributed by atoms with E-state index in [9.17, 15) is 0 Å². The highest BCUT2D eigenvalue weighted by Gasteiger charge is 2.24. The minimum absolute atomic E-state index is 0.304. The summed E-state index contributed by atoms with van der Waals surface area (Å²) in [6.45, 7) is 6.21. The Morgan fingerprint density at radius 3 is 2.42 bits per heavy atom. The molecule has 0 saturated heterocycles. The number of hydrogen-bond acceptors (Lipinski definition) is 3. The van der Waals surface area contributed by atoms with E-state index in [0.29, 0.717) is 6.10 Å². The monoisotopic (exact) mass is 208 g/mol. The lowest BCUT2D eigenvalue weighted by Crippen LogP contribution is -2.36. The van der Waals surface area contributed by atoms with E-state index in [1.165, 1.54) is 0 Å². The molecule has 0 spiro atoms. The topological polar surface area (TPSA) is 18.5 Å². The molecule has 0 N–H and O–H groups in total. The summed E-state index contributed by atoms with van der Waals surface area (Å²) in [5.74, 6) is 0.933. The maximum absolute atomic E-state index is 5.77. The van der Waals surface area contributed by atoms with Crippen LogP contribution in [0.25, 0.3) is 0 Å². The number of hydrogen-bond donors (Lipinski definition) is 1. The van der Waals surface area contributed by atoms with Crippen molar-refractivity contribution < 1.29 is 8.85 Å². The lowest BCUT2D eigenvalue weighted by atomic mass is 10.2. The van der Waals surface area contributed by atoms with E-state index in [4.69, 9.17) is 8.85 Å². The predicted molar refractivity (Wildman–Crippen MR) is 58.1 cm³/mol. The smallest absolute Gasteiger partial charge is 0.331 e. The van der Waals surface area contributed by atoms with Crippen molar-refractivity contribution in [2.75, 3.05) is 12.9 Å². The molecule has 0 aromatic heterocycles. The Morgan fingerprint density at radius 2 is 2.00 bits per heavy atom. The normalized spacial score (nSPS) is 14.8. The Bertz CT molecular complexity index is 120. The summed E-state index contributed by atoms with van der Waals surface area (Å²) in [7, 11) is -0.0955. The third kappa shape index (κ3) is 6.05. The zero-order valence-corrected chi connectivity index (χ0v) is 10.4. The van der Waals surface area contributed by atoms with Crippen LogP contribution in [-0.2, 0) is 8.85 Å². The van der Waals surface area contributed by atoms with Gasteiger partial charge in [-0.05, 0) is 38.6 Å². The molecule has 0 aliphatic carbocycles. The Morgan fingerprint density at radius 1 is 1.42 bits per heavy atom. The van der Waals surface area contributed by atoms with Crippen LogP contribution >= 0.6 is 12.6 Å². The maximum atomic E-state index is 5.77. The van der Waals surface area contributed by atoms with Crippen molar-refractivity contribution in [2.45, 2.75) is 39.0 Å². The highest BCUT2D eigenvalue weighted by molar-refractivity contribution is 7.80. The standard InChI is InChI=1S/C8H20O2SSi/c1-8(6-5-7-11)10-12(3,4)9-2/h8,11H,5-7H2,1-4H3. The quantitative estimate of drug-likeness (QED) is 0.534. The van der Waals surface area contributed by atoms with E-state index in [1.807, 2.05) is 0 Å². The van der Waals surface area contributed by atoms with Gasteiger partial charge in [-0.15, -0.1) is 0 Å². The zero-order chi connectivity index (χ0) is 9.61. The molecular formula is C8H20O2SSi. The minimum atomic E-state index is -1.82. The van der Waals surface area contributed by atoms with Gasteiger partial charge in [-0.3, -0.25) is 0 Å². The first-order valence-corrected chi connectivity index (χ1v) is 7.80. The average Bonchev–Trinajstić information content (AvgIpc) is 2.00. The predicted octanol–water partition coefficient (Wildman–Crippen LogP) is 2.45. The molecule has 0 fully saturated rings. The van der Waals surface area contributed by atoms with Gasteiger partial charge >= 0.3 is 8.56 Å². The van der Waals surface area contributed by atoms with Gasteiger partial charge in [-0.25, -0.2) is 0 Å². The van der Waals surface area contributed by atoms with Gasteiger partial charge in [0, 0.05) is 13.2 Å². The summed E-state index contributed by atoms with van der Waals surface area (Å²) in [5, 5.41) is 0. The SMILES string of the molecule is CO[Si](C)(C)OC(C)CCCS. The molecule has 0 aliphatic rings. The second-order valence-electron chi connectivity index (χ2n) is 3.40. The zero-order valence-electron chi connectivity index (χ0n) is 8.46.